The zero-order valence-corrected chi connectivity index (χ0v) is 16.2. The third-order valence-electron chi connectivity index (χ3n) is 5.02. The van der Waals surface area contributed by atoms with Gasteiger partial charge in [0.25, 0.3) is 5.95 Å². The number of anilines is 1. The van der Waals surface area contributed by atoms with Crippen LogP contribution in [0.25, 0.3) is 0 Å². The zero-order chi connectivity index (χ0) is 20.1. The van der Waals surface area contributed by atoms with Crippen molar-refractivity contribution in [3.05, 3.63) is 35.5 Å². The van der Waals surface area contributed by atoms with Gasteiger partial charge in [0.15, 0.2) is 0 Å². The number of benzene rings is 1. The molecule has 1 aliphatic heterocycles. The van der Waals surface area contributed by atoms with Crippen LogP contribution in [0.15, 0.2) is 22.7 Å². The van der Waals surface area contributed by atoms with Gasteiger partial charge < -0.3 is 19.3 Å². The highest BCUT2D eigenvalue weighted by Gasteiger charge is 2.23. The van der Waals surface area contributed by atoms with Gasteiger partial charge in [0.05, 0.1) is 12.2 Å². The van der Waals surface area contributed by atoms with Crippen LogP contribution in [0.2, 0.25) is 0 Å². The van der Waals surface area contributed by atoms with Crippen molar-refractivity contribution >= 4 is 11.9 Å². The Labute approximate surface area is 163 Å². The van der Waals surface area contributed by atoms with Crippen LogP contribution in [-0.2, 0) is 0 Å². The quantitative estimate of drug-likeness (QED) is 0.678. The molecular formula is C20H26FN3O4. The fourth-order valence-corrected chi connectivity index (χ4v) is 3.33. The fraction of sp³-hybridized carbons (Fsp3) is 0.550. The lowest BCUT2D eigenvalue weighted by molar-refractivity contribution is 0.0692. The minimum absolute atomic E-state index is 0.229. The number of carboxylic acids is 1. The van der Waals surface area contributed by atoms with Gasteiger partial charge in [0.1, 0.15) is 11.6 Å². The predicted octanol–water partition coefficient (Wildman–Crippen LogP) is 4.11. The number of ether oxygens (including phenoxy) is 1. The lowest BCUT2D eigenvalue weighted by Gasteiger charge is -2.30. The number of nitrogens with zero attached hydrogens (tertiary/aromatic N) is 3. The van der Waals surface area contributed by atoms with Crippen LogP contribution in [-0.4, -0.2) is 40.9 Å². The van der Waals surface area contributed by atoms with Gasteiger partial charge in [0.2, 0.25) is 5.89 Å². The minimum Gasteiger partial charge on any atom is -0.493 e. The molecule has 1 N–H and O–H groups in total. The van der Waals surface area contributed by atoms with Crippen molar-refractivity contribution in [3.8, 4) is 5.75 Å². The number of rotatable bonds is 8. The first-order chi connectivity index (χ1) is 13.4. The van der Waals surface area contributed by atoms with Crippen molar-refractivity contribution in [2.24, 2.45) is 5.92 Å². The van der Waals surface area contributed by atoms with Gasteiger partial charge in [-0.15, -0.1) is 0 Å². The Balaban J connectivity index is 1.37. The summed E-state index contributed by atoms with van der Waals surface area (Å²) in [6.45, 7) is 6.35. The molecule has 0 bridgehead atoms. The van der Waals surface area contributed by atoms with Gasteiger partial charge in [-0.1, -0.05) is 13.8 Å². The molecule has 1 aromatic carbocycles. The van der Waals surface area contributed by atoms with Crippen molar-refractivity contribution in [2.45, 2.75) is 45.4 Å². The fourth-order valence-electron chi connectivity index (χ4n) is 3.33. The van der Waals surface area contributed by atoms with Crippen molar-refractivity contribution in [1.29, 1.82) is 0 Å². The second-order valence-electron chi connectivity index (χ2n) is 7.46. The largest absolute Gasteiger partial charge is 0.493 e. The van der Waals surface area contributed by atoms with E-state index in [0.717, 1.165) is 44.8 Å². The van der Waals surface area contributed by atoms with Gasteiger partial charge >= 0.3 is 5.97 Å². The average molecular weight is 391 g/mol. The summed E-state index contributed by atoms with van der Waals surface area (Å²) in [4.78, 5) is 17.4. The smallest absolute Gasteiger partial charge is 0.338 e. The maximum absolute atomic E-state index is 13.6. The number of aromatic nitrogens is 2. The Bertz CT molecular complexity index is 800. The Morgan fingerprint density at radius 2 is 2.14 bits per heavy atom. The van der Waals surface area contributed by atoms with Crippen LogP contribution in [0.3, 0.4) is 0 Å². The maximum Gasteiger partial charge on any atom is 0.338 e. The zero-order valence-electron chi connectivity index (χ0n) is 16.2. The Hall–Kier alpha value is -2.64. The highest BCUT2D eigenvalue weighted by Crippen LogP contribution is 2.26. The van der Waals surface area contributed by atoms with E-state index in [1.807, 2.05) is 13.8 Å². The topological polar surface area (TPSA) is 88.7 Å². The summed E-state index contributed by atoms with van der Waals surface area (Å²) in [5.41, 5.74) is -0.346. The summed E-state index contributed by atoms with van der Waals surface area (Å²) in [5, 5.41) is 12.9. The van der Waals surface area contributed by atoms with E-state index >= 15 is 0 Å². The molecule has 0 unspecified atom stereocenters. The van der Waals surface area contributed by atoms with Crippen molar-refractivity contribution in [2.75, 3.05) is 24.6 Å². The molecule has 1 fully saturated rings. The highest BCUT2D eigenvalue weighted by molar-refractivity contribution is 5.88. The molecule has 8 heteroatoms. The van der Waals surface area contributed by atoms with E-state index in [1.165, 1.54) is 12.1 Å². The molecule has 0 atom stereocenters. The molecule has 0 radical (unpaired) electrons. The highest BCUT2D eigenvalue weighted by atomic mass is 19.1. The molecule has 2 aromatic rings. The summed E-state index contributed by atoms with van der Waals surface area (Å²) in [6.07, 6.45) is 4.03. The summed E-state index contributed by atoms with van der Waals surface area (Å²) >= 11 is 0. The SMILES string of the molecule is CC(C)c1nc(N2CCC(CCCOc3ccc(C(=O)O)c(F)c3)CC2)no1. The summed E-state index contributed by atoms with van der Waals surface area (Å²) in [7, 11) is 0. The molecule has 1 saturated heterocycles. The molecule has 0 spiro atoms. The number of carboxylic acid groups (broad SMARTS) is 1. The van der Waals surface area contributed by atoms with Crippen LogP contribution in [0.5, 0.6) is 5.75 Å². The van der Waals surface area contributed by atoms with E-state index in [9.17, 15) is 9.18 Å². The molecule has 7 nitrogen and oxygen atoms in total. The normalized spacial score (nSPS) is 15.2. The van der Waals surface area contributed by atoms with Crippen LogP contribution < -0.4 is 9.64 Å². The first kappa shape index (κ1) is 20.1. The summed E-state index contributed by atoms with van der Waals surface area (Å²) < 4.78 is 24.5. The van der Waals surface area contributed by atoms with Gasteiger partial charge in [-0.2, -0.15) is 4.98 Å². The third kappa shape index (κ3) is 4.99. The van der Waals surface area contributed by atoms with Crippen molar-refractivity contribution in [3.63, 3.8) is 0 Å². The maximum atomic E-state index is 13.6. The second-order valence-corrected chi connectivity index (χ2v) is 7.46. The third-order valence-corrected chi connectivity index (χ3v) is 5.02. The van der Waals surface area contributed by atoms with Crippen LogP contribution >= 0.6 is 0 Å². The van der Waals surface area contributed by atoms with Gasteiger partial charge in [-0.25, -0.2) is 9.18 Å². The standard InChI is InChI=1S/C20H26FN3O4/c1-13(2)18-22-20(23-28-18)24-9-7-14(8-10-24)4-3-11-27-15-5-6-16(19(25)26)17(21)12-15/h5-6,12-14H,3-4,7-11H2,1-2H3,(H,25,26). The first-order valence-electron chi connectivity index (χ1n) is 9.68. The number of carbonyl (C=O) groups is 1. The second kappa shape index (κ2) is 9.03. The molecule has 0 aliphatic carbocycles. The van der Waals surface area contributed by atoms with E-state index in [2.05, 4.69) is 15.0 Å². The lowest BCUT2D eigenvalue weighted by Crippen LogP contribution is -2.34. The lowest BCUT2D eigenvalue weighted by atomic mass is 9.92. The average Bonchev–Trinajstić information content (AvgIpc) is 3.16. The van der Waals surface area contributed by atoms with Gasteiger partial charge in [-0.3, -0.25) is 0 Å². The Morgan fingerprint density at radius 3 is 2.75 bits per heavy atom. The number of piperidine rings is 1. The van der Waals surface area contributed by atoms with Crippen LogP contribution in [0, 0.1) is 11.7 Å². The van der Waals surface area contributed by atoms with E-state index in [0.29, 0.717) is 30.1 Å². The van der Waals surface area contributed by atoms with Crippen LogP contribution in [0.4, 0.5) is 10.3 Å². The minimum atomic E-state index is -1.28. The molecule has 1 aliphatic rings. The molecule has 1 aromatic heterocycles. The van der Waals surface area contributed by atoms with Gasteiger partial charge in [-0.05, 0) is 48.9 Å². The Kier molecular flexibility index (Phi) is 6.49. The summed E-state index contributed by atoms with van der Waals surface area (Å²) in [5.74, 6) is 0.487. The van der Waals surface area contributed by atoms with E-state index in [4.69, 9.17) is 14.4 Å². The number of hydrogen-bond acceptors (Lipinski definition) is 6. The van der Waals surface area contributed by atoms with E-state index in [-0.39, 0.29) is 11.5 Å². The monoisotopic (exact) mass is 391 g/mol. The Morgan fingerprint density at radius 1 is 1.39 bits per heavy atom. The molecule has 28 heavy (non-hydrogen) atoms. The first-order valence-corrected chi connectivity index (χ1v) is 9.68. The summed E-state index contributed by atoms with van der Waals surface area (Å²) in [6, 6.07) is 3.84. The molecule has 152 valence electrons. The molecule has 2 heterocycles. The molecular weight excluding hydrogens is 365 g/mol. The number of aromatic carboxylic acids is 1. The molecule has 3 rings (SSSR count). The van der Waals surface area contributed by atoms with Crippen molar-refractivity contribution in [1.82, 2.24) is 10.1 Å². The number of hydrogen-bond donors (Lipinski definition) is 1. The molecule has 0 amide bonds. The van der Waals surface area contributed by atoms with Crippen molar-refractivity contribution < 1.29 is 23.6 Å². The number of halogens is 1. The van der Waals surface area contributed by atoms with Crippen LogP contribution in [0.1, 0.15) is 61.7 Å². The molecule has 0 saturated carbocycles. The van der Waals surface area contributed by atoms with Gasteiger partial charge in [0, 0.05) is 25.1 Å². The predicted molar refractivity (Wildman–Crippen MR) is 101 cm³/mol. The van der Waals surface area contributed by atoms with E-state index < -0.39 is 11.8 Å². The van der Waals surface area contributed by atoms with E-state index in [1.54, 1.807) is 0 Å².